The second-order valence-corrected chi connectivity index (χ2v) is 18.4. The fourth-order valence-corrected chi connectivity index (χ4v) is 8.29. The Morgan fingerprint density at radius 1 is 0.631 bits per heavy atom. The molecule has 0 saturated carbocycles. The number of carbonyl (C=O) groups excluding carboxylic acids is 9. The van der Waals surface area contributed by atoms with Crippen molar-refractivity contribution < 1.29 is 63.3 Å². The van der Waals surface area contributed by atoms with Crippen molar-refractivity contribution in [2.75, 3.05) is 31.2 Å². The van der Waals surface area contributed by atoms with Gasteiger partial charge in [-0.15, -0.1) is 0 Å². The monoisotopic (exact) mass is 964 g/mol. The molecule has 0 unspecified atom stereocenters. The Hall–Kier alpha value is -4.80. The van der Waals surface area contributed by atoms with Crippen molar-refractivity contribution in [3.63, 3.8) is 0 Å². The lowest BCUT2D eigenvalue weighted by Gasteiger charge is -2.28. The van der Waals surface area contributed by atoms with Crippen LogP contribution in [0.1, 0.15) is 79.1 Å². The smallest absolute Gasteiger partial charge is 0.327 e. The van der Waals surface area contributed by atoms with Crippen molar-refractivity contribution in [1.29, 1.82) is 0 Å². The van der Waals surface area contributed by atoms with E-state index in [-0.39, 0.29) is 49.8 Å². The summed E-state index contributed by atoms with van der Waals surface area (Å²) in [5, 5.41) is 49.5. The number of nitrogens with one attached hydrogen (secondary N) is 8. The van der Waals surface area contributed by atoms with Gasteiger partial charge in [-0.25, -0.2) is 4.79 Å². The summed E-state index contributed by atoms with van der Waals surface area (Å²) >= 11 is 0. The molecule has 0 radical (unpaired) electrons. The molecule has 1 saturated heterocycles. The third kappa shape index (κ3) is 21.8. The van der Waals surface area contributed by atoms with E-state index < -0.39 is 133 Å². The van der Waals surface area contributed by atoms with Crippen LogP contribution in [0.3, 0.4) is 0 Å². The van der Waals surface area contributed by atoms with Crippen molar-refractivity contribution in [1.82, 2.24) is 42.5 Å². The van der Waals surface area contributed by atoms with Crippen molar-refractivity contribution in [3.8, 4) is 0 Å². The highest BCUT2D eigenvalue weighted by molar-refractivity contribution is 8.76. The van der Waals surface area contributed by atoms with Gasteiger partial charge in [-0.3, -0.25) is 43.2 Å². The van der Waals surface area contributed by atoms with Gasteiger partial charge in [0.25, 0.3) is 0 Å². The lowest BCUT2D eigenvalue weighted by molar-refractivity contribution is -0.142. The fourth-order valence-electron chi connectivity index (χ4n) is 6.01. The molecule has 10 atom stereocenters. The Labute approximate surface area is 385 Å². The van der Waals surface area contributed by atoms with Crippen LogP contribution in [0, 0.1) is 5.92 Å². The van der Waals surface area contributed by atoms with Crippen LogP contribution in [0.25, 0.3) is 0 Å². The third-order valence-electron chi connectivity index (χ3n) is 9.69. The SMILES string of the molecule is CC(C)C[C@@H]1NC(=O)[C@H]([C@@H](C)O)NC(=O)[C@H](C)NC(=O)[C@H](CO)NC(=O)[C@H](CC(N)=O)NC(=O)[C@H](CCCCN)NC(=O)[C@H](CCCCN)NC(=O)[C@@H](N)CSSC[C@@H](C(=O)O)NC1=O. The molecule has 1 aliphatic heterocycles. The standard InChI is InChI=1S/C38H68N12O13S2/c1-18(2)13-24-34(58)49-27(38(62)63)17-65-64-16-21(41)31(55)44-22(9-5-7-11-39)32(56)45-23(10-6-8-12-40)33(57)46-25(14-28(42)53)35(59)48-26(15-51)36(60)43-19(3)30(54)50-29(20(4)52)37(61)47-24/h18-27,29,51-52H,5-17,39-41H2,1-4H3,(H2,42,53)(H,43,60)(H,44,55)(H,45,56)(H,46,57)(H,47,61)(H,48,59)(H,49,58)(H,50,54)(H,62,63)/t19-,20+,21-,22-,23-,24-,25-,26-,27-,29-/m0/s1. The van der Waals surface area contributed by atoms with Gasteiger partial charge >= 0.3 is 5.97 Å². The first-order valence-electron chi connectivity index (χ1n) is 21.2. The quantitative estimate of drug-likeness (QED) is 0.0537. The molecule has 1 rings (SSSR count). The van der Waals surface area contributed by atoms with Crippen LogP contribution in [0.2, 0.25) is 0 Å². The lowest BCUT2D eigenvalue weighted by atomic mass is 10.0. The van der Waals surface area contributed by atoms with Crippen molar-refractivity contribution in [3.05, 3.63) is 0 Å². The minimum Gasteiger partial charge on any atom is -0.480 e. The summed E-state index contributed by atoms with van der Waals surface area (Å²) in [6.07, 6.45) is -0.767. The number of hydrogen-bond donors (Lipinski definition) is 15. The van der Waals surface area contributed by atoms with E-state index in [4.69, 9.17) is 22.9 Å². The first-order valence-corrected chi connectivity index (χ1v) is 23.7. The normalized spacial score (nSPS) is 27.4. The van der Waals surface area contributed by atoms with Crippen LogP contribution in [0.5, 0.6) is 0 Å². The van der Waals surface area contributed by atoms with E-state index in [9.17, 15) is 63.3 Å². The highest BCUT2D eigenvalue weighted by atomic mass is 33.1. The van der Waals surface area contributed by atoms with Gasteiger partial charge in [-0.05, 0) is 77.8 Å². The highest BCUT2D eigenvalue weighted by Crippen LogP contribution is 2.23. The van der Waals surface area contributed by atoms with Crippen LogP contribution < -0.4 is 65.5 Å². The van der Waals surface area contributed by atoms with E-state index in [2.05, 4.69) is 42.5 Å². The Balaban J connectivity index is 3.69. The second-order valence-electron chi connectivity index (χ2n) is 15.9. The molecule has 0 aliphatic carbocycles. The third-order valence-corrected chi connectivity index (χ3v) is 12.1. The van der Waals surface area contributed by atoms with Gasteiger partial charge in [-0.2, -0.15) is 0 Å². The molecule has 370 valence electrons. The van der Waals surface area contributed by atoms with Gasteiger partial charge in [0.2, 0.25) is 53.2 Å². The average Bonchev–Trinajstić information content (AvgIpc) is 3.22. The number of aliphatic hydroxyl groups excluding tert-OH is 2. The summed E-state index contributed by atoms with van der Waals surface area (Å²) in [7, 11) is 1.97. The molecule has 1 aliphatic rings. The first-order chi connectivity index (χ1) is 30.6. The molecule has 0 bridgehead atoms. The Kier molecular flexibility index (Phi) is 27.2. The van der Waals surface area contributed by atoms with E-state index in [0.717, 1.165) is 28.5 Å². The first kappa shape index (κ1) is 58.2. The summed E-state index contributed by atoms with van der Waals surface area (Å²) in [6, 6.07) is -13.4. The van der Waals surface area contributed by atoms with Crippen LogP contribution in [-0.4, -0.2) is 166 Å². The van der Waals surface area contributed by atoms with Crippen molar-refractivity contribution >= 4 is 80.7 Å². The Morgan fingerprint density at radius 3 is 1.58 bits per heavy atom. The average molecular weight is 965 g/mol. The Bertz CT molecular complexity index is 1650. The number of carbonyl (C=O) groups is 10. The zero-order valence-electron chi connectivity index (χ0n) is 37.1. The number of primary amides is 1. The number of aliphatic hydroxyl groups is 2. The maximum Gasteiger partial charge on any atom is 0.327 e. The number of rotatable bonds is 15. The van der Waals surface area contributed by atoms with Crippen molar-refractivity contribution in [2.24, 2.45) is 28.9 Å². The molecule has 9 amide bonds. The number of aliphatic carboxylic acids is 1. The summed E-state index contributed by atoms with van der Waals surface area (Å²) in [6.45, 7) is 5.24. The van der Waals surface area contributed by atoms with Crippen LogP contribution in [0.4, 0.5) is 0 Å². The zero-order chi connectivity index (χ0) is 49.4. The maximum atomic E-state index is 13.8. The maximum absolute atomic E-state index is 13.8. The summed E-state index contributed by atoms with van der Waals surface area (Å²) < 4.78 is 0. The topological polar surface area (TPSA) is 432 Å². The number of amides is 9. The molecule has 0 aromatic heterocycles. The van der Waals surface area contributed by atoms with E-state index >= 15 is 0 Å². The van der Waals surface area contributed by atoms with Gasteiger partial charge in [0.05, 0.1) is 25.2 Å². The molecular weight excluding hydrogens is 897 g/mol. The number of unbranched alkanes of at least 4 members (excludes halogenated alkanes) is 2. The number of carboxylic acid groups (broad SMARTS) is 1. The molecule has 65 heavy (non-hydrogen) atoms. The number of carboxylic acids is 1. The Morgan fingerprint density at radius 2 is 1.09 bits per heavy atom. The van der Waals surface area contributed by atoms with E-state index in [1.54, 1.807) is 13.8 Å². The van der Waals surface area contributed by atoms with Gasteiger partial charge in [0, 0.05) is 11.5 Å². The van der Waals surface area contributed by atoms with E-state index in [0.29, 0.717) is 25.7 Å². The van der Waals surface area contributed by atoms with Crippen LogP contribution in [-0.2, 0) is 47.9 Å². The molecule has 0 spiro atoms. The van der Waals surface area contributed by atoms with E-state index in [1.807, 2.05) is 0 Å². The number of hydrogen-bond acceptors (Lipinski definition) is 17. The van der Waals surface area contributed by atoms with E-state index in [1.165, 1.54) is 6.92 Å². The molecule has 27 heteroatoms. The molecule has 25 nitrogen and oxygen atoms in total. The van der Waals surface area contributed by atoms with Gasteiger partial charge in [0.1, 0.15) is 48.3 Å². The minimum atomic E-state index is -1.79. The van der Waals surface area contributed by atoms with Crippen LogP contribution in [0.15, 0.2) is 0 Å². The summed E-state index contributed by atoms with van der Waals surface area (Å²) in [5.41, 5.74) is 22.8. The lowest BCUT2D eigenvalue weighted by Crippen LogP contribution is -2.62. The predicted octanol–water partition coefficient (Wildman–Crippen LogP) is -5.76. The summed E-state index contributed by atoms with van der Waals surface area (Å²) in [5.74, 6) is -10.8. The zero-order valence-corrected chi connectivity index (χ0v) is 38.7. The molecule has 19 N–H and O–H groups in total. The van der Waals surface area contributed by atoms with Gasteiger partial charge < -0.3 is 80.8 Å². The molecule has 1 heterocycles. The molecule has 0 aromatic rings. The molecular formula is C38H68N12O13S2. The predicted molar refractivity (Wildman–Crippen MR) is 239 cm³/mol. The minimum absolute atomic E-state index is 0.00113. The second kappa shape index (κ2) is 30.4. The highest BCUT2D eigenvalue weighted by Gasteiger charge is 2.36. The molecule has 0 aromatic carbocycles. The van der Waals surface area contributed by atoms with Crippen LogP contribution >= 0.6 is 21.6 Å². The fraction of sp³-hybridized carbons (Fsp3) is 0.737. The summed E-state index contributed by atoms with van der Waals surface area (Å²) in [4.78, 5) is 132. The molecule has 1 fully saturated rings. The van der Waals surface area contributed by atoms with Gasteiger partial charge in [-0.1, -0.05) is 35.4 Å². The van der Waals surface area contributed by atoms with Crippen molar-refractivity contribution in [2.45, 2.75) is 140 Å². The van der Waals surface area contributed by atoms with Gasteiger partial charge in [0.15, 0.2) is 0 Å². The number of nitrogens with two attached hydrogens (primary N) is 4. The largest absolute Gasteiger partial charge is 0.480 e.